The second kappa shape index (κ2) is 7.89. The number of carbonyl (C=O) groups excluding carboxylic acids is 1. The minimum absolute atomic E-state index is 0.317. The molecular weight excluding hydrogens is 391 g/mol. The molecule has 0 saturated heterocycles. The average molecular weight is 407 g/mol. The normalized spacial score (nSPS) is 10.7. The Bertz CT molecular complexity index is 1210. The van der Waals surface area contributed by atoms with Crippen LogP contribution in [0, 0.1) is 12.7 Å². The fourth-order valence-electron chi connectivity index (χ4n) is 3.01. The summed E-state index contributed by atoms with van der Waals surface area (Å²) in [6.45, 7) is 1.78. The van der Waals surface area contributed by atoms with Gasteiger partial charge in [0.15, 0.2) is 5.75 Å². The maximum absolute atomic E-state index is 13.8. The Kier molecular flexibility index (Phi) is 5.14. The van der Waals surface area contributed by atoms with Crippen molar-refractivity contribution in [3.8, 4) is 11.5 Å². The Morgan fingerprint density at radius 1 is 1.03 bits per heavy atom. The number of para-hydroxylation sites is 1. The number of nitrogens with zero attached hydrogens (tertiary/aromatic N) is 1. The van der Waals surface area contributed by atoms with Gasteiger partial charge in [0.25, 0.3) is 5.91 Å². The van der Waals surface area contributed by atoms with E-state index < -0.39 is 11.7 Å². The van der Waals surface area contributed by atoms with E-state index in [-0.39, 0.29) is 0 Å². The van der Waals surface area contributed by atoms with Crippen molar-refractivity contribution in [1.82, 2.24) is 4.98 Å². The van der Waals surface area contributed by atoms with Crippen LogP contribution >= 0.6 is 11.6 Å². The zero-order valence-corrected chi connectivity index (χ0v) is 16.2. The molecule has 1 N–H and O–H groups in total. The first-order valence-electron chi connectivity index (χ1n) is 8.90. The Morgan fingerprint density at radius 2 is 1.83 bits per heavy atom. The van der Waals surface area contributed by atoms with Gasteiger partial charge in [0, 0.05) is 16.1 Å². The maximum atomic E-state index is 13.8. The first-order valence-corrected chi connectivity index (χ1v) is 9.28. The summed E-state index contributed by atoms with van der Waals surface area (Å²) in [4.78, 5) is 17.4. The van der Waals surface area contributed by atoms with Crippen molar-refractivity contribution in [3.63, 3.8) is 0 Å². The number of benzene rings is 3. The van der Waals surface area contributed by atoms with E-state index in [4.69, 9.17) is 16.3 Å². The predicted molar refractivity (Wildman–Crippen MR) is 112 cm³/mol. The molecule has 4 nitrogen and oxygen atoms in total. The number of nitrogens with one attached hydrogen (secondary N) is 1. The van der Waals surface area contributed by atoms with Gasteiger partial charge in [0.1, 0.15) is 11.6 Å². The molecule has 0 spiro atoms. The van der Waals surface area contributed by atoms with Crippen LogP contribution in [0.2, 0.25) is 5.02 Å². The summed E-state index contributed by atoms with van der Waals surface area (Å²) in [6.07, 6.45) is 0. The van der Waals surface area contributed by atoms with Crippen LogP contribution in [0.1, 0.15) is 16.1 Å². The average Bonchev–Trinajstić information content (AvgIpc) is 2.70. The number of aryl methyl sites for hydroxylation is 1. The van der Waals surface area contributed by atoms with Gasteiger partial charge in [-0.05, 0) is 61.5 Å². The Balaban J connectivity index is 1.71. The van der Waals surface area contributed by atoms with E-state index in [0.29, 0.717) is 44.4 Å². The lowest BCUT2D eigenvalue weighted by Crippen LogP contribution is -2.14. The molecule has 4 aromatic rings. The van der Waals surface area contributed by atoms with E-state index in [2.05, 4.69) is 10.3 Å². The van der Waals surface area contributed by atoms with Gasteiger partial charge >= 0.3 is 0 Å². The molecule has 0 atom stereocenters. The highest BCUT2D eigenvalue weighted by molar-refractivity contribution is 6.31. The Labute approximate surface area is 171 Å². The van der Waals surface area contributed by atoms with Crippen LogP contribution in [-0.4, -0.2) is 10.9 Å². The molecule has 0 bridgehead atoms. The molecule has 0 saturated carbocycles. The molecule has 0 unspecified atom stereocenters. The quantitative estimate of drug-likeness (QED) is 0.427. The fraction of sp³-hybridized carbons (Fsp3) is 0.0435. The minimum atomic E-state index is -0.437. The van der Waals surface area contributed by atoms with Crippen molar-refractivity contribution < 1.29 is 13.9 Å². The summed E-state index contributed by atoms with van der Waals surface area (Å²) in [6, 6.07) is 20.0. The van der Waals surface area contributed by atoms with Crippen molar-refractivity contribution in [2.24, 2.45) is 0 Å². The van der Waals surface area contributed by atoms with Crippen LogP contribution in [0.5, 0.6) is 11.5 Å². The fourth-order valence-corrected chi connectivity index (χ4v) is 3.18. The van der Waals surface area contributed by atoms with Gasteiger partial charge in [0.2, 0.25) is 0 Å². The van der Waals surface area contributed by atoms with Crippen molar-refractivity contribution in [3.05, 3.63) is 94.9 Å². The van der Waals surface area contributed by atoms with Crippen molar-refractivity contribution in [1.29, 1.82) is 0 Å². The highest BCUT2D eigenvalue weighted by Crippen LogP contribution is 2.33. The number of amides is 1. The zero-order chi connectivity index (χ0) is 20.4. The van der Waals surface area contributed by atoms with Crippen LogP contribution < -0.4 is 10.1 Å². The maximum Gasteiger partial charge on any atom is 0.256 e. The number of carbonyl (C=O) groups is 1. The van der Waals surface area contributed by atoms with Crippen LogP contribution in [-0.2, 0) is 0 Å². The van der Waals surface area contributed by atoms with Crippen molar-refractivity contribution in [2.45, 2.75) is 6.92 Å². The second-order valence-corrected chi connectivity index (χ2v) is 6.92. The number of hydrogen-bond acceptors (Lipinski definition) is 3. The van der Waals surface area contributed by atoms with E-state index in [1.807, 2.05) is 30.3 Å². The van der Waals surface area contributed by atoms with Gasteiger partial charge in [-0.1, -0.05) is 29.8 Å². The molecule has 29 heavy (non-hydrogen) atoms. The van der Waals surface area contributed by atoms with E-state index >= 15 is 0 Å². The number of pyridine rings is 1. The number of fused-ring (bicyclic) bond motifs is 1. The third kappa shape index (κ3) is 4.20. The van der Waals surface area contributed by atoms with Gasteiger partial charge in [-0.2, -0.15) is 0 Å². The molecule has 0 aliphatic carbocycles. The topological polar surface area (TPSA) is 51.2 Å². The summed E-state index contributed by atoms with van der Waals surface area (Å²) >= 11 is 6.12. The predicted octanol–water partition coefficient (Wildman–Crippen LogP) is 6.38. The summed E-state index contributed by atoms with van der Waals surface area (Å²) < 4.78 is 19.7. The summed E-state index contributed by atoms with van der Waals surface area (Å²) in [5.74, 6) is 0.215. The highest BCUT2D eigenvalue weighted by atomic mass is 35.5. The molecule has 144 valence electrons. The molecule has 6 heteroatoms. The van der Waals surface area contributed by atoms with Crippen molar-refractivity contribution >= 4 is 34.1 Å². The summed E-state index contributed by atoms with van der Waals surface area (Å²) in [5.41, 5.74) is 1.92. The molecule has 0 fully saturated rings. The number of hydrogen-bond donors (Lipinski definition) is 1. The lowest BCUT2D eigenvalue weighted by Gasteiger charge is -2.14. The molecular formula is C23H16ClFN2O2. The standard InChI is InChI=1S/C23H16ClFN2O2/c1-14-11-19(18-13-16(25)8-9-20(18)26-14)23(28)27-21-12-15(24)7-10-22(21)29-17-5-3-2-4-6-17/h2-13H,1H3,(H,27,28). The molecule has 3 aromatic carbocycles. The van der Waals surface area contributed by atoms with Gasteiger partial charge in [-0.15, -0.1) is 0 Å². The third-order valence-electron chi connectivity index (χ3n) is 4.30. The number of ether oxygens (including phenoxy) is 1. The lowest BCUT2D eigenvalue weighted by atomic mass is 10.1. The first kappa shape index (κ1) is 18.9. The van der Waals surface area contributed by atoms with Gasteiger partial charge < -0.3 is 10.1 Å². The highest BCUT2D eigenvalue weighted by Gasteiger charge is 2.16. The zero-order valence-electron chi connectivity index (χ0n) is 15.4. The molecule has 0 aliphatic rings. The Morgan fingerprint density at radius 3 is 2.62 bits per heavy atom. The number of aromatic nitrogens is 1. The number of halogens is 2. The smallest absolute Gasteiger partial charge is 0.256 e. The van der Waals surface area contributed by atoms with E-state index in [9.17, 15) is 9.18 Å². The van der Waals surface area contributed by atoms with Gasteiger partial charge in [-0.3, -0.25) is 9.78 Å². The van der Waals surface area contributed by atoms with Gasteiger partial charge in [0.05, 0.1) is 16.8 Å². The minimum Gasteiger partial charge on any atom is -0.455 e. The van der Waals surface area contributed by atoms with Crippen molar-refractivity contribution in [2.75, 3.05) is 5.32 Å². The molecule has 1 aromatic heterocycles. The van der Waals surface area contributed by atoms with E-state index in [1.165, 1.54) is 12.1 Å². The lowest BCUT2D eigenvalue weighted by molar-refractivity contribution is 0.102. The number of anilines is 1. The molecule has 1 heterocycles. The van der Waals surface area contributed by atoms with Gasteiger partial charge in [-0.25, -0.2) is 4.39 Å². The largest absolute Gasteiger partial charge is 0.455 e. The molecule has 1 amide bonds. The van der Waals surface area contributed by atoms with E-state index in [0.717, 1.165) is 0 Å². The summed E-state index contributed by atoms with van der Waals surface area (Å²) in [5, 5.41) is 3.71. The number of rotatable bonds is 4. The molecule has 0 radical (unpaired) electrons. The SMILES string of the molecule is Cc1cc(C(=O)Nc2cc(Cl)ccc2Oc2ccccc2)c2cc(F)ccc2n1. The molecule has 4 rings (SSSR count). The van der Waals surface area contributed by atoms with Crippen LogP contribution in [0.3, 0.4) is 0 Å². The first-order chi connectivity index (χ1) is 14.0. The second-order valence-electron chi connectivity index (χ2n) is 6.48. The van der Waals surface area contributed by atoms with Crippen LogP contribution in [0.4, 0.5) is 10.1 Å². The molecule has 0 aliphatic heterocycles. The van der Waals surface area contributed by atoms with Crippen LogP contribution in [0.25, 0.3) is 10.9 Å². The third-order valence-corrected chi connectivity index (χ3v) is 4.54. The Hall–Kier alpha value is -3.44. The van der Waals surface area contributed by atoms with E-state index in [1.54, 1.807) is 37.3 Å². The monoisotopic (exact) mass is 406 g/mol. The summed E-state index contributed by atoms with van der Waals surface area (Å²) in [7, 11) is 0. The van der Waals surface area contributed by atoms with Crippen LogP contribution in [0.15, 0.2) is 72.8 Å².